The number of para-hydroxylation sites is 2. The van der Waals surface area contributed by atoms with Gasteiger partial charge in [0.1, 0.15) is 5.75 Å². The molecule has 1 aliphatic rings. The first kappa shape index (κ1) is 19.9. The Morgan fingerprint density at radius 2 is 2.03 bits per heavy atom. The van der Waals surface area contributed by atoms with E-state index in [9.17, 15) is 4.79 Å². The highest BCUT2D eigenvalue weighted by atomic mass is 32.1. The molecular formula is C22H23N5O2S. The lowest BCUT2D eigenvalue weighted by atomic mass is 10.0. The van der Waals surface area contributed by atoms with Crippen LogP contribution in [-0.2, 0) is 4.79 Å². The van der Waals surface area contributed by atoms with Crippen LogP contribution in [-0.4, -0.2) is 39.5 Å². The summed E-state index contributed by atoms with van der Waals surface area (Å²) < 4.78 is 5.30. The van der Waals surface area contributed by atoms with Crippen molar-refractivity contribution in [2.24, 2.45) is 0 Å². The molecule has 4 rings (SSSR count). The van der Waals surface area contributed by atoms with Gasteiger partial charge in [-0.2, -0.15) is 0 Å². The van der Waals surface area contributed by atoms with Gasteiger partial charge >= 0.3 is 0 Å². The monoisotopic (exact) mass is 421 g/mol. The van der Waals surface area contributed by atoms with Crippen molar-refractivity contribution in [3.05, 3.63) is 78.4 Å². The maximum atomic E-state index is 12.6. The van der Waals surface area contributed by atoms with Gasteiger partial charge in [0.2, 0.25) is 5.91 Å². The van der Waals surface area contributed by atoms with Gasteiger partial charge in [0.15, 0.2) is 5.11 Å². The van der Waals surface area contributed by atoms with Gasteiger partial charge in [-0.1, -0.05) is 18.2 Å². The van der Waals surface area contributed by atoms with Crippen LogP contribution < -0.4 is 15.4 Å². The second kappa shape index (κ2) is 8.96. The zero-order valence-electron chi connectivity index (χ0n) is 16.5. The molecule has 1 fully saturated rings. The van der Waals surface area contributed by atoms with Crippen molar-refractivity contribution >= 4 is 28.9 Å². The molecule has 7 nitrogen and oxygen atoms in total. The quantitative estimate of drug-likeness (QED) is 0.507. The first-order valence-electron chi connectivity index (χ1n) is 9.71. The van der Waals surface area contributed by atoms with Crippen LogP contribution >= 0.6 is 12.2 Å². The number of methoxy groups -OCH3 is 1. The summed E-state index contributed by atoms with van der Waals surface area (Å²) in [7, 11) is 1.58. The number of nitrogens with zero attached hydrogens (tertiary/aromatic N) is 2. The van der Waals surface area contributed by atoms with Crippen LogP contribution in [0.1, 0.15) is 29.9 Å². The van der Waals surface area contributed by atoms with Gasteiger partial charge in [-0.25, -0.2) is 0 Å². The number of amides is 1. The Morgan fingerprint density at radius 1 is 1.20 bits per heavy atom. The zero-order valence-corrected chi connectivity index (χ0v) is 17.4. The number of ether oxygens (including phenoxy) is 1. The molecule has 0 aliphatic carbocycles. The average Bonchev–Trinajstić information content (AvgIpc) is 3.41. The molecular weight excluding hydrogens is 398 g/mol. The number of H-pyrrole nitrogens is 1. The van der Waals surface area contributed by atoms with E-state index in [2.05, 4.69) is 20.6 Å². The normalized spacial score (nSPS) is 18.2. The van der Waals surface area contributed by atoms with Crippen molar-refractivity contribution in [2.75, 3.05) is 19.0 Å². The molecule has 0 radical (unpaired) electrons. The molecule has 1 amide bonds. The van der Waals surface area contributed by atoms with E-state index in [4.69, 9.17) is 17.0 Å². The fraction of sp³-hybridized carbons (Fsp3) is 0.227. The Labute approximate surface area is 180 Å². The van der Waals surface area contributed by atoms with Gasteiger partial charge in [0.25, 0.3) is 0 Å². The average molecular weight is 422 g/mol. The summed E-state index contributed by atoms with van der Waals surface area (Å²) >= 11 is 5.61. The molecule has 30 heavy (non-hydrogen) atoms. The Morgan fingerprint density at radius 3 is 2.77 bits per heavy atom. The van der Waals surface area contributed by atoms with Crippen molar-refractivity contribution < 1.29 is 9.53 Å². The van der Waals surface area contributed by atoms with Gasteiger partial charge in [0.05, 0.1) is 30.6 Å². The molecule has 2 aromatic heterocycles. The van der Waals surface area contributed by atoms with Crippen molar-refractivity contribution in [2.45, 2.75) is 18.5 Å². The maximum absolute atomic E-state index is 12.6. The molecule has 3 aromatic rings. The van der Waals surface area contributed by atoms with E-state index >= 15 is 0 Å². The van der Waals surface area contributed by atoms with E-state index in [0.717, 1.165) is 11.4 Å². The van der Waals surface area contributed by atoms with Crippen LogP contribution in [0.3, 0.4) is 0 Å². The summed E-state index contributed by atoms with van der Waals surface area (Å²) in [6, 6.07) is 17.0. The van der Waals surface area contributed by atoms with Gasteiger partial charge in [-0.15, -0.1) is 0 Å². The van der Waals surface area contributed by atoms with Gasteiger partial charge in [0, 0.05) is 31.1 Å². The number of aromatic amines is 1. The molecule has 0 bridgehead atoms. The van der Waals surface area contributed by atoms with Crippen LogP contribution in [0, 0.1) is 0 Å². The molecule has 2 atom stereocenters. The van der Waals surface area contributed by atoms with E-state index in [1.165, 1.54) is 0 Å². The molecule has 1 saturated heterocycles. The van der Waals surface area contributed by atoms with Crippen LogP contribution in [0.5, 0.6) is 5.75 Å². The number of aromatic nitrogens is 2. The van der Waals surface area contributed by atoms with Crippen molar-refractivity contribution in [3.63, 3.8) is 0 Å². The predicted molar refractivity (Wildman–Crippen MR) is 119 cm³/mol. The zero-order chi connectivity index (χ0) is 20.9. The van der Waals surface area contributed by atoms with Crippen molar-refractivity contribution in [1.82, 2.24) is 20.2 Å². The number of anilines is 1. The summed E-state index contributed by atoms with van der Waals surface area (Å²) in [5, 5.41) is 6.90. The second-order valence-corrected chi connectivity index (χ2v) is 7.33. The standard InChI is InChI=1S/C22H23N5O2S/c1-29-18-10-3-2-7-15(18)25-19(28)11-14-27-21(17-9-6-13-24-17)20(26-22(27)30)16-8-4-5-12-23-16/h2-10,12-13,20-21,24H,11,14H2,1H3,(H,25,28)(H,26,30). The van der Waals surface area contributed by atoms with Crippen LogP contribution in [0.15, 0.2) is 67.0 Å². The fourth-order valence-corrected chi connectivity index (χ4v) is 4.03. The highest BCUT2D eigenvalue weighted by Gasteiger charge is 2.40. The number of rotatable bonds is 7. The molecule has 3 N–H and O–H groups in total. The number of thiocarbonyl (C=S) groups is 1. The van der Waals surface area contributed by atoms with E-state index in [-0.39, 0.29) is 24.4 Å². The Bertz CT molecular complexity index is 1010. The first-order chi connectivity index (χ1) is 14.7. The minimum atomic E-state index is -0.103. The third-order valence-corrected chi connectivity index (χ3v) is 5.45. The summed E-state index contributed by atoms with van der Waals surface area (Å²) in [6.45, 7) is 0.472. The van der Waals surface area contributed by atoms with Crippen molar-refractivity contribution in [3.8, 4) is 5.75 Å². The third kappa shape index (κ3) is 4.13. The van der Waals surface area contributed by atoms with E-state index in [1.807, 2.05) is 65.7 Å². The molecule has 1 aliphatic heterocycles. The van der Waals surface area contributed by atoms with Crippen LogP contribution in [0.25, 0.3) is 0 Å². The lowest BCUT2D eigenvalue weighted by Gasteiger charge is -2.26. The minimum absolute atomic E-state index is 0.0820. The molecule has 1 aromatic carbocycles. The summed E-state index contributed by atoms with van der Waals surface area (Å²) in [4.78, 5) is 22.4. The lowest BCUT2D eigenvalue weighted by Crippen LogP contribution is -2.32. The third-order valence-electron chi connectivity index (χ3n) is 5.10. The molecule has 0 spiro atoms. The molecule has 0 saturated carbocycles. The number of pyridine rings is 1. The second-order valence-electron chi connectivity index (χ2n) is 6.94. The van der Waals surface area contributed by atoms with Crippen molar-refractivity contribution in [1.29, 1.82) is 0 Å². The van der Waals surface area contributed by atoms with E-state index in [1.54, 1.807) is 13.3 Å². The van der Waals surface area contributed by atoms with Crippen LogP contribution in [0.2, 0.25) is 0 Å². The number of carbonyl (C=O) groups is 1. The smallest absolute Gasteiger partial charge is 0.226 e. The van der Waals surface area contributed by atoms with Crippen LogP contribution in [0.4, 0.5) is 5.69 Å². The largest absolute Gasteiger partial charge is 0.495 e. The van der Waals surface area contributed by atoms with Gasteiger partial charge < -0.3 is 25.3 Å². The molecule has 3 heterocycles. The SMILES string of the molecule is COc1ccccc1NC(=O)CCN1C(=S)NC(c2ccccn2)C1c1ccc[nH]1. The minimum Gasteiger partial charge on any atom is -0.495 e. The number of hydrogen-bond donors (Lipinski definition) is 3. The summed E-state index contributed by atoms with van der Waals surface area (Å²) in [5.41, 5.74) is 2.57. The number of benzene rings is 1. The van der Waals surface area contributed by atoms with E-state index in [0.29, 0.717) is 23.1 Å². The Kier molecular flexibility index (Phi) is 5.94. The molecule has 8 heteroatoms. The Balaban J connectivity index is 1.49. The van der Waals surface area contributed by atoms with Gasteiger partial charge in [-0.05, 0) is 48.6 Å². The van der Waals surface area contributed by atoms with E-state index < -0.39 is 0 Å². The number of carbonyl (C=O) groups excluding carboxylic acids is 1. The first-order valence-corrected chi connectivity index (χ1v) is 10.1. The Hall–Kier alpha value is -3.39. The molecule has 2 unspecified atom stereocenters. The number of hydrogen-bond acceptors (Lipinski definition) is 4. The number of nitrogens with one attached hydrogen (secondary N) is 3. The summed E-state index contributed by atoms with van der Waals surface area (Å²) in [5.74, 6) is 0.525. The van der Waals surface area contributed by atoms with Gasteiger partial charge in [-0.3, -0.25) is 9.78 Å². The highest BCUT2D eigenvalue weighted by molar-refractivity contribution is 7.80. The summed E-state index contributed by atoms with van der Waals surface area (Å²) in [6.07, 6.45) is 3.94. The predicted octanol–water partition coefficient (Wildman–Crippen LogP) is 3.42. The maximum Gasteiger partial charge on any atom is 0.226 e. The lowest BCUT2D eigenvalue weighted by molar-refractivity contribution is -0.116. The topological polar surface area (TPSA) is 82.3 Å². The fourth-order valence-electron chi connectivity index (χ4n) is 3.70. The molecule has 154 valence electrons. The highest BCUT2D eigenvalue weighted by Crippen LogP contribution is 2.37.